The lowest BCUT2D eigenvalue weighted by Crippen LogP contribution is -2.18. The maximum absolute atomic E-state index is 12.2. The quantitative estimate of drug-likeness (QED) is 0.863. The molecule has 1 unspecified atom stereocenters. The van der Waals surface area contributed by atoms with E-state index in [1.807, 2.05) is 0 Å². The standard InChI is InChI=1S/C11H11F3O5/c1-2-18-7-4-3-6(9(15)10(16)17)5-8(7)19-11(12,13)14/h3-5,9,15H,2H2,1H3,(H,16,17). The second-order valence-electron chi connectivity index (χ2n) is 3.43. The van der Waals surface area contributed by atoms with E-state index in [2.05, 4.69) is 4.74 Å². The second kappa shape index (κ2) is 5.79. The first kappa shape index (κ1) is 15.1. The van der Waals surface area contributed by atoms with Crippen molar-refractivity contribution in [3.63, 3.8) is 0 Å². The highest BCUT2D eigenvalue weighted by Crippen LogP contribution is 2.34. The number of aliphatic carboxylic acids is 1. The normalized spacial score (nSPS) is 12.9. The van der Waals surface area contributed by atoms with E-state index in [0.717, 1.165) is 18.2 Å². The molecule has 106 valence electrons. The van der Waals surface area contributed by atoms with Crippen LogP contribution in [0, 0.1) is 0 Å². The number of rotatable bonds is 5. The van der Waals surface area contributed by atoms with Crippen LogP contribution in [-0.4, -0.2) is 29.2 Å². The molecule has 0 aromatic heterocycles. The summed E-state index contributed by atoms with van der Waals surface area (Å²) in [5, 5.41) is 17.9. The molecule has 0 saturated carbocycles. The molecule has 1 aromatic carbocycles. The van der Waals surface area contributed by atoms with Gasteiger partial charge in [-0.1, -0.05) is 6.07 Å². The van der Waals surface area contributed by atoms with E-state index in [4.69, 9.17) is 9.84 Å². The number of aliphatic hydroxyl groups excluding tert-OH is 1. The summed E-state index contributed by atoms with van der Waals surface area (Å²) in [5.74, 6) is -2.48. The van der Waals surface area contributed by atoms with Crippen molar-refractivity contribution in [1.82, 2.24) is 0 Å². The number of benzene rings is 1. The molecule has 5 nitrogen and oxygen atoms in total. The van der Waals surface area contributed by atoms with E-state index >= 15 is 0 Å². The van der Waals surface area contributed by atoms with Crippen LogP contribution in [0.1, 0.15) is 18.6 Å². The van der Waals surface area contributed by atoms with Crippen LogP contribution in [0.5, 0.6) is 11.5 Å². The predicted molar refractivity (Wildman–Crippen MR) is 56.9 cm³/mol. The van der Waals surface area contributed by atoms with E-state index in [1.54, 1.807) is 6.92 Å². The van der Waals surface area contributed by atoms with Crippen LogP contribution in [0.4, 0.5) is 13.2 Å². The Balaban J connectivity index is 3.14. The van der Waals surface area contributed by atoms with Crippen LogP contribution in [0.15, 0.2) is 18.2 Å². The monoisotopic (exact) mass is 280 g/mol. The zero-order chi connectivity index (χ0) is 14.6. The minimum absolute atomic E-state index is 0.106. The number of alkyl halides is 3. The van der Waals surface area contributed by atoms with Crippen LogP contribution < -0.4 is 9.47 Å². The van der Waals surface area contributed by atoms with E-state index in [1.165, 1.54) is 0 Å². The molecule has 0 spiro atoms. The molecular weight excluding hydrogens is 269 g/mol. The van der Waals surface area contributed by atoms with Gasteiger partial charge in [0.15, 0.2) is 17.6 Å². The largest absolute Gasteiger partial charge is 0.573 e. The zero-order valence-electron chi connectivity index (χ0n) is 9.77. The second-order valence-corrected chi connectivity index (χ2v) is 3.43. The molecule has 8 heteroatoms. The summed E-state index contributed by atoms with van der Waals surface area (Å²) < 4.78 is 45.2. The van der Waals surface area contributed by atoms with Gasteiger partial charge in [0.1, 0.15) is 0 Å². The van der Waals surface area contributed by atoms with Gasteiger partial charge in [-0.15, -0.1) is 13.2 Å². The summed E-state index contributed by atoms with van der Waals surface area (Å²) in [6.07, 6.45) is -6.88. The van der Waals surface area contributed by atoms with Crippen molar-refractivity contribution < 1.29 is 37.7 Å². The smallest absolute Gasteiger partial charge is 0.490 e. The van der Waals surface area contributed by atoms with Gasteiger partial charge in [0, 0.05) is 0 Å². The third kappa shape index (κ3) is 4.32. The first-order valence-corrected chi connectivity index (χ1v) is 5.18. The van der Waals surface area contributed by atoms with Crippen molar-refractivity contribution in [2.45, 2.75) is 19.4 Å². The number of carboxylic acid groups (broad SMARTS) is 1. The Morgan fingerprint density at radius 1 is 1.37 bits per heavy atom. The number of ether oxygens (including phenoxy) is 2. The van der Waals surface area contributed by atoms with Gasteiger partial charge in [-0.25, -0.2) is 4.79 Å². The molecule has 1 atom stereocenters. The Hall–Kier alpha value is -1.96. The SMILES string of the molecule is CCOc1ccc(C(O)C(=O)O)cc1OC(F)(F)F. The molecule has 1 rings (SSSR count). The molecular formula is C11H11F3O5. The van der Waals surface area contributed by atoms with Crippen molar-refractivity contribution in [2.75, 3.05) is 6.61 Å². The molecule has 0 bridgehead atoms. The van der Waals surface area contributed by atoms with Gasteiger partial charge in [-0.05, 0) is 24.6 Å². The molecule has 0 radical (unpaired) electrons. The number of hydrogen-bond acceptors (Lipinski definition) is 4. The molecule has 0 amide bonds. The first-order valence-electron chi connectivity index (χ1n) is 5.18. The lowest BCUT2D eigenvalue weighted by molar-refractivity contribution is -0.275. The van der Waals surface area contributed by atoms with Crippen LogP contribution >= 0.6 is 0 Å². The Morgan fingerprint density at radius 2 is 2.00 bits per heavy atom. The van der Waals surface area contributed by atoms with Gasteiger partial charge in [-0.3, -0.25) is 0 Å². The highest BCUT2D eigenvalue weighted by Gasteiger charge is 2.33. The molecule has 0 aliphatic carbocycles. The zero-order valence-corrected chi connectivity index (χ0v) is 9.77. The Morgan fingerprint density at radius 3 is 2.47 bits per heavy atom. The van der Waals surface area contributed by atoms with Crippen molar-refractivity contribution in [1.29, 1.82) is 0 Å². The maximum atomic E-state index is 12.2. The van der Waals surface area contributed by atoms with Crippen molar-refractivity contribution in [2.24, 2.45) is 0 Å². The van der Waals surface area contributed by atoms with E-state index in [0.29, 0.717) is 0 Å². The highest BCUT2D eigenvalue weighted by molar-refractivity contribution is 5.74. The van der Waals surface area contributed by atoms with E-state index in [-0.39, 0.29) is 17.9 Å². The summed E-state index contributed by atoms with van der Waals surface area (Å²) >= 11 is 0. The summed E-state index contributed by atoms with van der Waals surface area (Å²) in [6.45, 7) is 1.67. The number of aliphatic hydroxyl groups is 1. The lowest BCUT2D eigenvalue weighted by Gasteiger charge is -2.15. The van der Waals surface area contributed by atoms with Gasteiger partial charge >= 0.3 is 12.3 Å². The molecule has 0 aliphatic heterocycles. The maximum Gasteiger partial charge on any atom is 0.573 e. The number of carboxylic acids is 1. The van der Waals surface area contributed by atoms with Crippen LogP contribution in [0.3, 0.4) is 0 Å². The molecule has 1 aromatic rings. The van der Waals surface area contributed by atoms with Crippen molar-refractivity contribution in [3.8, 4) is 11.5 Å². The Bertz CT molecular complexity index is 458. The fourth-order valence-electron chi connectivity index (χ4n) is 1.32. The van der Waals surface area contributed by atoms with Gasteiger partial charge in [0.2, 0.25) is 0 Å². The van der Waals surface area contributed by atoms with Crippen LogP contribution in [0.2, 0.25) is 0 Å². The average molecular weight is 280 g/mol. The topological polar surface area (TPSA) is 76.0 Å². The molecule has 19 heavy (non-hydrogen) atoms. The number of hydrogen-bond donors (Lipinski definition) is 2. The minimum atomic E-state index is -4.95. The Labute approximate surface area is 106 Å². The number of halogens is 3. The highest BCUT2D eigenvalue weighted by atomic mass is 19.4. The fourth-order valence-corrected chi connectivity index (χ4v) is 1.32. The van der Waals surface area contributed by atoms with Crippen LogP contribution in [0.25, 0.3) is 0 Å². The third-order valence-electron chi connectivity index (χ3n) is 2.04. The van der Waals surface area contributed by atoms with Crippen molar-refractivity contribution in [3.05, 3.63) is 23.8 Å². The summed E-state index contributed by atoms with van der Waals surface area (Å²) in [7, 11) is 0. The van der Waals surface area contributed by atoms with E-state index in [9.17, 15) is 23.1 Å². The fraction of sp³-hybridized carbons (Fsp3) is 0.364. The number of carbonyl (C=O) groups is 1. The van der Waals surface area contributed by atoms with Gasteiger partial charge in [-0.2, -0.15) is 0 Å². The van der Waals surface area contributed by atoms with Gasteiger partial charge < -0.3 is 19.7 Å². The van der Waals surface area contributed by atoms with Gasteiger partial charge in [0.25, 0.3) is 0 Å². The summed E-state index contributed by atoms with van der Waals surface area (Å²) in [6, 6.07) is 3.02. The molecule has 2 N–H and O–H groups in total. The third-order valence-corrected chi connectivity index (χ3v) is 2.04. The molecule has 0 saturated heterocycles. The van der Waals surface area contributed by atoms with Crippen molar-refractivity contribution >= 4 is 5.97 Å². The lowest BCUT2D eigenvalue weighted by atomic mass is 10.1. The van der Waals surface area contributed by atoms with Crippen LogP contribution in [-0.2, 0) is 4.79 Å². The summed E-state index contributed by atoms with van der Waals surface area (Å²) in [5.41, 5.74) is -0.241. The Kier molecular flexibility index (Phi) is 4.60. The average Bonchev–Trinajstić information content (AvgIpc) is 2.28. The molecule has 0 heterocycles. The predicted octanol–water partition coefficient (Wildman–Crippen LogP) is 2.10. The molecule has 0 fully saturated rings. The molecule has 0 aliphatic rings. The van der Waals surface area contributed by atoms with E-state index < -0.39 is 24.2 Å². The summed E-state index contributed by atoms with van der Waals surface area (Å²) in [4.78, 5) is 10.6. The first-order chi connectivity index (χ1) is 8.74. The minimum Gasteiger partial charge on any atom is -0.490 e. The van der Waals surface area contributed by atoms with Gasteiger partial charge in [0.05, 0.1) is 6.61 Å².